The summed E-state index contributed by atoms with van der Waals surface area (Å²) in [5, 5.41) is 3.09. The molecule has 0 bridgehead atoms. The van der Waals surface area contributed by atoms with Crippen molar-refractivity contribution in [3.63, 3.8) is 0 Å². The van der Waals surface area contributed by atoms with Crippen LogP contribution in [-0.2, 0) is 4.74 Å². The van der Waals surface area contributed by atoms with Gasteiger partial charge >= 0.3 is 6.36 Å². The molecule has 1 rings (SSSR count). The molecule has 0 aliphatic carbocycles. The molecule has 0 amide bonds. The zero-order chi connectivity index (χ0) is 14.3. The fourth-order valence-corrected chi connectivity index (χ4v) is 1.60. The second-order valence-electron chi connectivity index (χ2n) is 3.86. The average Bonchev–Trinajstić information content (AvgIpc) is 2.33. The number of nitrogens with one attached hydrogen (secondary N) is 1. The Kier molecular flexibility index (Phi) is 6.07. The summed E-state index contributed by atoms with van der Waals surface area (Å²) in [4.78, 5) is 0. The van der Waals surface area contributed by atoms with Crippen molar-refractivity contribution >= 4 is 0 Å². The van der Waals surface area contributed by atoms with Gasteiger partial charge in [-0.3, -0.25) is 0 Å². The van der Waals surface area contributed by atoms with Crippen LogP contribution in [0.1, 0.15) is 11.6 Å². The lowest BCUT2D eigenvalue weighted by molar-refractivity contribution is -0.274. The van der Waals surface area contributed by atoms with Crippen LogP contribution in [0.3, 0.4) is 0 Å². The van der Waals surface area contributed by atoms with E-state index in [0.29, 0.717) is 18.7 Å². The number of halogens is 3. The van der Waals surface area contributed by atoms with Gasteiger partial charge in [-0.25, -0.2) is 0 Å². The van der Waals surface area contributed by atoms with Crippen molar-refractivity contribution in [2.75, 3.05) is 26.8 Å². The molecule has 0 saturated heterocycles. The molecule has 1 aromatic rings. The SMILES string of the molecule is COCCNC(CN)c1cccc(OC(F)(F)F)c1. The van der Waals surface area contributed by atoms with Gasteiger partial charge < -0.3 is 20.5 Å². The molecule has 0 radical (unpaired) electrons. The van der Waals surface area contributed by atoms with Gasteiger partial charge in [0.1, 0.15) is 5.75 Å². The van der Waals surface area contributed by atoms with Gasteiger partial charge in [0.25, 0.3) is 0 Å². The Morgan fingerprint density at radius 2 is 2.11 bits per heavy atom. The van der Waals surface area contributed by atoms with Crippen LogP contribution in [0.4, 0.5) is 13.2 Å². The zero-order valence-corrected chi connectivity index (χ0v) is 10.5. The first-order valence-electron chi connectivity index (χ1n) is 5.74. The Bertz CT molecular complexity index is 385. The Labute approximate surface area is 109 Å². The first-order valence-corrected chi connectivity index (χ1v) is 5.74. The maximum absolute atomic E-state index is 12.1. The molecule has 19 heavy (non-hydrogen) atoms. The lowest BCUT2D eigenvalue weighted by atomic mass is 10.1. The molecule has 0 aliphatic heterocycles. The van der Waals surface area contributed by atoms with Gasteiger partial charge in [0, 0.05) is 26.2 Å². The lowest BCUT2D eigenvalue weighted by Crippen LogP contribution is -2.30. The summed E-state index contributed by atoms with van der Waals surface area (Å²) in [6.45, 7) is 1.32. The predicted molar refractivity (Wildman–Crippen MR) is 64.8 cm³/mol. The van der Waals surface area contributed by atoms with Gasteiger partial charge in [0.2, 0.25) is 0 Å². The quantitative estimate of drug-likeness (QED) is 0.747. The molecule has 0 saturated carbocycles. The van der Waals surface area contributed by atoms with E-state index in [1.54, 1.807) is 13.2 Å². The van der Waals surface area contributed by atoms with Gasteiger partial charge in [-0.15, -0.1) is 13.2 Å². The van der Waals surface area contributed by atoms with Gasteiger partial charge in [-0.1, -0.05) is 12.1 Å². The summed E-state index contributed by atoms with van der Waals surface area (Å²) in [5.41, 5.74) is 6.24. The highest BCUT2D eigenvalue weighted by atomic mass is 19.4. The van der Waals surface area contributed by atoms with Crippen molar-refractivity contribution in [1.29, 1.82) is 0 Å². The highest BCUT2D eigenvalue weighted by molar-refractivity contribution is 5.31. The Morgan fingerprint density at radius 1 is 1.37 bits per heavy atom. The van der Waals surface area contributed by atoms with E-state index in [1.165, 1.54) is 18.2 Å². The standard InChI is InChI=1S/C12H17F3N2O2/c1-18-6-5-17-11(8-16)9-3-2-4-10(7-9)19-12(13,14)15/h2-4,7,11,17H,5-6,8,16H2,1H3. The third-order valence-corrected chi connectivity index (χ3v) is 2.43. The minimum atomic E-state index is -4.69. The maximum Gasteiger partial charge on any atom is 0.573 e. The number of alkyl halides is 3. The molecule has 0 spiro atoms. The lowest BCUT2D eigenvalue weighted by Gasteiger charge is -2.18. The summed E-state index contributed by atoms with van der Waals surface area (Å²) >= 11 is 0. The molecule has 3 N–H and O–H groups in total. The molecule has 7 heteroatoms. The molecule has 0 heterocycles. The van der Waals surface area contributed by atoms with Gasteiger partial charge in [0.15, 0.2) is 0 Å². The minimum Gasteiger partial charge on any atom is -0.406 e. The van der Waals surface area contributed by atoms with Crippen LogP contribution in [0.15, 0.2) is 24.3 Å². The summed E-state index contributed by atoms with van der Waals surface area (Å²) < 4.78 is 45.1. The fourth-order valence-electron chi connectivity index (χ4n) is 1.60. The number of rotatable bonds is 7. The monoisotopic (exact) mass is 278 g/mol. The Balaban J connectivity index is 2.72. The van der Waals surface area contributed by atoms with E-state index in [1.807, 2.05) is 0 Å². The summed E-state index contributed by atoms with van der Waals surface area (Å²) in [5.74, 6) is -0.253. The number of methoxy groups -OCH3 is 1. The molecule has 0 aliphatic rings. The fraction of sp³-hybridized carbons (Fsp3) is 0.500. The van der Waals surface area contributed by atoms with Crippen LogP contribution in [-0.4, -0.2) is 33.2 Å². The van der Waals surface area contributed by atoms with Gasteiger partial charge in [0.05, 0.1) is 6.61 Å². The van der Waals surface area contributed by atoms with Crippen molar-refractivity contribution < 1.29 is 22.6 Å². The summed E-state index contributed by atoms with van der Waals surface area (Å²) in [6.07, 6.45) is -4.69. The number of nitrogens with two attached hydrogens (primary N) is 1. The van der Waals surface area contributed by atoms with E-state index < -0.39 is 6.36 Å². The van der Waals surface area contributed by atoms with Crippen LogP contribution < -0.4 is 15.8 Å². The normalized spacial score (nSPS) is 13.3. The van der Waals surface area contributed by atoms with E-state index in [2.05, 4.69) is 10.1 Å². The van der Waals surface area contributed by atoms with Crippen molar-refractivity contribution in [2.45, 2.75) is 12.4 Å². The molecule has 0 fully saturated rings. The first kappa shape index (κ1) is 15.7. The molecular weight excluding hydrogens is 261 g/mol. The number of hydrogen-bond acceptors (Lipinski definition) is 4. The van der Waals surface area contributed by atoms with Crippen molar-refractivity contribution in [3.05, 3.63) is 29.8 Å². The molecule has 108 valence electrons. The van der Waals surface area contributed by atoms with Crippen LogP contribution in [0.5, 0.6) is 5.75 Å². The van der Waals surface area contributed by atoms with E-state index in [4.69, 9.17) is 10.5 Å². The van der Waals surface area contributed by atoms with Crippen molar-refractivity contribution in [2.24, 2.45) is 5.73 Å². The number of ether oxygens (including phenoxy) is 2. The second kappa shape index (κ2) is 7.32. The smallest absolute Gasteiger partial charge is 0.406 e. The largest absolute Gasteiger partial charge is 0.573 e. The van der Waals surface area contributed by atoms with Crippen LogP contribution in [0.2, 0.25) is 0 Å². The van der Waals surface area contributed by atoms with Gasteiger partial charge in [-0.2, -0.15) is 0 Å². The zero-order valence-electron chi connectivity index (χ0n) is 10.5. The van der Waals surface area contributed by atoms with E-state index in [0.717, 1.165) is 0 Å². The second-order valence-corrected chi connectivity index (χ2v) is 3.86. The highest BCUT2D eigenvalue weighted by Gasteiger charge is 2.31. The average molecular weight is 278 g/mol. The van der Waals surface area contributed by atoms with Crippen LogP contribution in [0, 0.1) is 0 Å². The number of hydrogen-bond donors (Lipinski definition) is 2. The summed E-state index contributed by atoms with van der Waals surface area (Å²) in [6, 6.07) is 5.52. The summed E-state index contributed by atoms with van der Waals surface area (Å²) in [7, 11) is 1.57. The Hall–Kier alpha value is -1.31. The topological polar surface area (TPSA) is 56.5 Å². The Morgan fingerprint density at radius 3 is 2.68 bits per heavy atom. The molecule has 1 aromatic carbocycles. The maximum atomic E-state index is 12.1. The minimum absolute atomic E-state index is 0.244. The predicted octanol–water partition coefficient (Wildman–Crippen LogP) is 1.82. The first-order chi connectivity index (χ1) is 8.96. The molecule has 1 unspecified atom stereocenters. The van der Waals surface area contributed by atoms with E-state index in [9.17, 15) is 13.2 Å². The van der Waals surface area contributed by atoms with Crippen molar-refractivity contribution in [1.82, 2.24) is 5.32 Å². The molecule has 1 atom stereocenters. The number of benzene rings is 1. The molecule has 0 aromatic heterocycles. The van der Waals surface area contributed by atoms with E-state index >= 15 is 0 Å². The van der Waals surface area contributed by atoms with Gasteiger partial charge in [-0.05, 0) is 17.7 Å². The van der Waals surface area contributed by atoms with Crippen LogP contribution >= 0.6 is 0 Å². The third-order valence-electron chi connectivity index (χ3n) is 2.43. The van der Waals surface area contributed by atoms with Crippen molar-refractivity contribution in [3.8, 4) is 5.75 Å². The van der Waals surface area contributed by atoms with E-state index in [-0.39, 0.29) is 18.3 Å². The highest BCUT2D eigenvalue weighted by Crippen LogP contribution is 2.25. The third kappa shape index (κ3) is 5.91. The molecule has 4 nitrogen and oxygen atoms in total. The molecular formula is C12H17F3N2O2. The van der Waals surface area contributed by atoms with Crippen LogP contribution in [0.25, 0.3) is 0 Å².